The van der Waals surface area contributed by atoms with E-state index in [1.807, 2.05) is 25.9 Å². The number of Topliss-reactive ketones (excluding diaryl/α,β-unsaturated/α-hetero) is 1. The average Bonchev–Trinajstić information content (AvgIpc) is 3.11. The number of likely N-dealkylation sites (tertiary alicyclic amines) is 1. The van der Waals surface area contributed by atoms with E-state index in [2.05, 4.69) is 13.8 Å². The number of hydrogen-bond acceptors (Lipinski definition) is 7. The lowest BCUT2D eigenvalue weighted by Crippen LogP contribution is -2.35. The minimum absolute atomic E-state index is 0.0424. The van der Waals surface area contributed by atoms with Gasteiger partial charge in [-0.3, -0.25) is 9.59 Å². The number of hydrogen-bond donors (Lipinski definition) is 1. The van der Waals surface area contributed by atoms with E-state index in [1.165, 1.54) is 12.0 Å². The Morgan fingerprint density at radius 2 is 1.75 bits per heavy atom. The van der Waals surface area contributed by atoms with Crippen molar-refractivity contribution >= 4 is 17.4 Å². The molecule has 0 saturated carbocycles. The summed E-state index contributed by atoms with van der Waals surface area (Å²) < 4.78 is 16.9. The fourth-order valence-corrected chi connectivity index (χ4v) is 4.02. The zero-order chi connectivity index (χ0) is 26.4. The van der Waals surface area contributed by atoms with Gasteiger partial charge in [0.15, 0.2) is 11.5 Å². The minimum atomic E-state index is -0.772. The van der Waals surface area contributed by atoms with Crippen molar-refractivity contribution in [2.45, 2.75) is 26.8 Å². The summed E-state index contributed by atoms with van der Waals surface area (Å²) in [5.74, 6) is 0.498. The quantitative estimate of drug-likeness (QED) is 0.285. The number of ether oxygens (including phenoxy) is 3. The topological polar surface area (TPSA) is 88.5 Å². The summed E-state index contributed by atoms with van der Waals surface area (Å²) in [5.41, 5.74) is 1.12. The van der Waals surface area contributed by atoms with Gasteiger partial charge in [0, 0.05) is 18.7 Å². The van der Waals surface area contributed by atoms with Crippen molar-refractivity contribution in [1.29, 1.82) is 0 Å². The molecule has 0 aromatic heterocycles. The van der Waals surface area contributed by atoms with Crippen LogP contribution in [0.4, 0.5) is 0 Å². The molecule has 1 heterocycles. The summed E-state index contributed by atoms with van der Waals surface area (Å²) in [6, 6.07) is 11.4. The van der Waals surface area contributed by atoms with Gasteiger partial charge >= 0.3 is 0 Å². The molecule has 36 heavy (non-hydrogen) atoms. The number of aliphatic hydroxyl groups is 1. The molecule has 1 unspecified atom stereocenters. The predicted octanol–water partition coefficient (Wildman–Crippen LogP) is 4.11. The van der Waals surface area contributed by atoms with Crippen LogP contribution in [0, 0.1) is 5.92 Å². The van der Waals surface area contributed by atoms with Gasteiger partial charge in [-0.05, 0) is 68.9 Å². The molecule has 1 fully saturated rings. The SMILES string of the molecule is CCOc1ccc(C2/C(=C(/O)c3ccc(OCC(C)C)cc3)C(=O)C(=O)N2CCN(C)C)cc1OC. The van der Waals surface area contributed by atoms with Gasteiger partial charge in [0.1, 0.15) is 11.5 Å². The van der Waals surface area contributed by atoms with Gasteiger partial charge in [0.25, 0.3) is 11.7 Å². The highest BCUT2D eigenvalue weighted by Crippen LogP contribution is 2.42. The number of carbonyl (C=O) groups is 2. The molecule has 0 aliphatic carbocycles. The number of benzene rings is 2. The molecule has 2 aromatic carbocycles. The molecule has 1 saturated heterocycles. The Labute approximate surface area is 213 Å². The zero-order valence-corrected chi connectivity index (χ0v) is 21.9. The predicted molar refractivity (Wildman–Crippen MR) is 139 cm³/mol. The van der Waals surface area contributed by atoms with Gasteiger partial charge in [0.05, 0.1) is 31.9 Å². The number of ketones is 1. The summed E-state index contributed by atoms with van der Waals surface area (Å²) in [6.45, 7) is 7.91. The highest BCUT2D eigenvalue weighted by molar-refractivity contribution is 6.46. The maximum atomic E-state index is 13.2. The van der Waals surface area contributed by atoms with Crippen LogP contribution in [0.1, 0.15) is 37.9 Å². The molecular weight excluding hydrogens is 460 g/mol. The van der Waals surface area contributed by atoms with E-state index in [1.54, 1.807) is 42.5 Å². The lowest BCUT2D eigenvalue weighted by atomic mass is 9.95. The molecule has 194 valence electrons. The van der Waals surface area contributed by atoms with E-state index in [0.717, 1.165) is 0 Å². The molecule has 0 bridgehead atoms. The third-order valence-electron chi connectivity index (χ3n) is 5.84. The largest absolute Gasteiger partial charge is 0.507 e. The van der Waals surface area contributed by atoms with Crippen molar-refractivity contribution in [2.75, 3.05) is 47.5 Å². The van der Waals surface area contributed by atoms with Crippen molar-refractivity contribution in [3.63, 3.8) is 0 Å². The second kappa shape index (κ2) is 11.9. The summed E-state index contributed by atoms with van der Waals surface area (Å²) >= 11 is 0. The molecule has 0 spiro atoms. The second-order valence-electron chi connectivity index (χ2n) is 9.37. The Kier molecular flexibility index (Phi) is 8.98. The first-order valence-electron chi connectivity index (χ1n) is 12.1. The van der Waals surface area contributed by atoms with Crippen LogP contribution in [0.2, 0.25) is 0 Å². The first-order valence-corrected chi connectivity index (χ1v) is 12.1. The maximum Gasteiger partial charge on any atom is 0.295 e. The van der Waals surface area contributed by atoms with Crippen LogP contribution in [0.5, 0.6) is 17.2 Å². The van der Waals surface area contributed by atoms with E-state index < -0.39 is 17.7 Å². The van der Waals surface area contributed by atoms with Crippen molar-refractivity contribution in [3.05, 3.63) is 59.2 Å². The number of rotatable bonds is 11. The van der Waals surface area contributed by atoms with E-state index in [0.29, 0.717) is 60.6 Å². The van der Waals surface area contributed by atoms with E-state index in [9.17, 15) is 14.7 Å². The Morgan fingerprint density at radius 1 is 1.06 bits per heavy atom. The van der Waals surface area contributed by atoms with Crippen LogP contribution in [0.3, 0.4) is 0 Å². The first-order chi connectivity index (χ1) is 17.2. The van der Waals surface area contributed by atoms with E-state index >= 15 is 0 Å². The normalized spacial score (nSPS) is 17.2. The Balaban J connectivity index is 2.08. The van der Waals surface area contributed by atoms with Crippen LogP contribution in [0.15, 0.2) is 48.0 Å². The van der Waals surface area contributed by atoms with E-state index in [4.69, 9.17) is 14.2 Å². The lowest BCUT2D eigenvalue weighted by molar-refractivity contribution is -0.140. The molecule has 1 amide bonds. The number of aliphatic hydroxyl groups excluding tert-OH is 1. The summed E-state index contributed by atoms with van der Waals surface area (Å²) in [4.78, 5) is 29.8. The molecule has 1 aliphatic heterocycles. The van der Waals surface area contributed by atoms with Gasteiger partial charge in [-0.2, -0.15) is 0 Å². The number of likely N-dealkylation sites (N-methyl/N-ethyl adjacent to an activating group) is 1. The highest BCUT2D eigenvalue weighted by atomic mass is 16.5. The molecule has 1 aliphatic rings. The summed E-state index contributed by atoms with van der Waals surface area (Å²) in [6.07, 6.45) is 0. The van der Waals surface area contributed by atoms with Crippen LogP contribution in [0.25, 0.3) is 5.76 Å². The van der Waals surface area contributed by atoms with Gasteiger partial charge < -0.3 is 29.1 Å². The standard InChI is InChI=1S/C28H36N2O6/c1-7-35-22-13-10-20(16-23(22)34-6)25-24(27(32)28(33)30(25)15-14-29(4)5)26(31)19-8-11-21(12-9-19)36-17-18(2)3/h8-13,16,18,25,31H,7,14-15,17H2,1-6H3/b26-24-. The zero-order valence-electron chi connectivity index (χ0n) is 21.9. The fourth-order valence-electron chi connectivity index (χ4n) is 4.02. The smallest absolute Gasteiger partial charge is 0.295 e. The first kappa shape index (κ1) is 27.1. The molecule has 0 radical (unpaired) electrons. The Bertz CT molecular complexity index is 1110. The Hall–Kier alpha value is -3.52. The maximum absolute atomic E-state index is 13.2. The van der Waals surface area contributed by atoms with Crippen LogP contribution in [-0.2, 0) is 9.59 Å². The van der Waals surface area contributed by atoms with Crippen molar-refractivity contribution < 1.29 is 28.9 Å². The third-order valence-corrected chi connectivity index (χ3v) is 5.84. The van der Waals surface area contributed by atoms with Gasteiger partial charge in [0.2, 0.25) is 0 Å². The Morgan fingerprint density at radius 3 is 2.33 bits per heavy atom. The summed E-state index contributed by atoms with van der Waals surface area (Å²) in [5, 5.41) is 11.3. The highest BCUT2D eigenvalue weighted by Gasteiger charge is 2.46. The molecule has 8 heteroatoms. The second-order valence-corrected chi connectivity index (χ2v) is 9.37. The van der Waals surface area contributed by atoms with Crippen LogP contribution < -0.4 is 14.2 Å². The molecule has 2 aromatic rings. The van der Waals surface area contributed by atoms with Crippen molar-refractivity contribution in [1.82, 2.24) is 9.80 Å². The van der Waals surface area contributed by atoms with Crippen LogP contribution in [-0.4, -0.2) is 74.1 Å². The molecule has 1 atom stereocenters. The molecule has 8 nitrogen and oxygen atoms in total. The van der Waals surface area contributed by atoms with Crippen molar-refractivity contribution in [2.24, 2.45) is 5.92 Å². The number of nitrogens with zero attached hydrogens (tertiary/aromatic N) is 2. The number of amides is 1. The average molecular weight is 497 g/mol. The molecule has 1 N–H and O–H groups in total. The number of methoxy groups -OCH3 is 1. The van der Waals surface area contributed by atoms with Crippen LogP contribution >= 0.6 is 0 Å². The van der Waals surface area contributed by atoms with Gasteiger partial charge in [-0.25, -0.2) is 0 Å². The fraction of sp³-hybridized carbons (Fsp3) is 0.429. The van der Waals surface area contributed by atoms with E-state index in [-0.39, 0.29) is 11.3 Å². The van der Waals surface area contributed by atoms with Gasteiger partial charge in [-0.1, -0.05) is 19.9 Å². The monoisotopic (exact) mass is 496 g/mol. The lowest BCUT2D eigenvalue weighted by Gasteiger charge is -2.27. The van der Waals surface area contributed by atoms with Gasteiger partial charge in [-0.15, -0.1) is 0 Å². The van der Waals surface area contributed by atoms with Crippen molar-refractivity contribution in [3.8, 4) is 17.2 Å². The summed E-state index contributed by atoms with van der Waals surface area (Å²) in [7, 11) is 5.33. The number of carbonyl (C=O) groups excluding carboxylic acids is 2. The molecule has 3 rings (SSSR count). The minimum Gasteiger partial charge on any atom is -0.507 e. The third kappa shape index (κ3) is 5.99. The molecular formula is C28H36N2O6.